The summed E-state index contributed by atoms with van der Waals surface area (Å²) in [5.74, 6) is 2.39. The number of piperidine rings is 1. The summed E-state index contributed by atoms with van der Waals surface area (Å²) >= 11 is 5.95. The van der Waals surface area contributed by atoms with Crippen LogP contribution in [-0.4, -0.2) is 39.7 Å². The van der Waals surface area contributed by atoms with Crippen LogP contribution in [0.1, 0.15) is 41.5 Å². The zero-order chi connectivity index (χ0) is 18.5. The molecule has 2 heterocycles. The third-order valence-corrected chi connectivity index (χ3v) is 5.61. The normalized spacial score (nSPS) is 15.9. The van der Waals surface area contributed by atoms with Crippen LogP contribution in [0, 0.1) is 0 Å². The Bertz CT molecular complexity index is 836. The van der Waals surface area contributed by atoms with Crippen molar-refractivity contribution in [1.82, 2.24) is 20.1 Å². The summed E-state index contributed by atoms with van der Waals surface area (Å²) in [6.07, 6.45) is 4.15. The quantitative estimate of drug-likeness (QED) is 0.686. The maximum Gasteiger partial charge on any atom is 0.155 e. The Morgan fingerprint density at radius 3 is 2.44 bits per heavy atom. The number of hydrogen-bond donors (Lipinski definition) is 1. The average Bonchev–Trinajstić information content (AvgIpc) is 3.18. The molecule has 0 radical (unpaired) electrons. The molecule has 1 aliphatic rings. The Labute approximate surface area is 165 Å². The fourth-order valence-electron chi connectivity index (χ4n) is 3.72. The van der Waals surface area contributed by atoms with Gasteiger partial charge in [0.15, 0.2) is 5.82 Å². The molecule has 4 rings (SSSR count). The molecule has 27 heavy (non-hydrogen) atoms. The Morgan fingerprint density at radius 2 is 1.70 bits per heavy atom. The molecule has 1 N–H and O–H groups in total. The van der Waals surface area contributed by atoms with Crippen molar-refractivity contribution in [3.8, 4) is 0 Å². The number of rotatable bonds is 6. The maximum absolute atomic E-state index is 5.95. The number of aromatic nitrogens is 3. The van der Waals surface area contributed by atoms with Crippen molar-refractivity contribution in [1.29, 1.82) is 0 Å². The standard InChI is InChI=1S/C22H25ClN4/c23-20-8-6-18(7-9-20)16-21-24-22(26-25-21)19-11-14-27(15-12-19)13-10-17-4-2-1-3-5-17/h1-9,19H,10-16H2,(H,24,25,26). The summed E-state index contributed by atoms with van der Waals surface area (Å²) in [7, 11) is 0. The lowest BCUT2D eigenvalue weighted by atomic mass is 9.96. The Balaban J connectivity index is 1.27. The second kappa shape index (κ2) is 8.68. The van der Waals surface area contributed by atoms with Crippen LogP contribution >= 0.6 is 11.6 Å². The molecule has 4 nitrogen and oxygen atoms in total. The zero-order valence-electron chi connectivity index (χ0n) is 15.4. The van der Waals surface area contributed by atoms with Crippen molar-refractivity contribution in [2.24, 2.45) is 0 Å². The van der Waals surface area contributed by atoms with E-state index < -0.39 is 0 Å². The third-order valence-electron chi connectivity index (χ3n) is 5.36. The highest BCUT2D eigenvalue weighted by molar-refractivity contribution is 6.30. The SMILES string of the molecule is Clc1ccc(Cc2n[nH]c(C3CCN(CCc4ccccc4)CC3)n2)cc1. The van der Waals surface area contributed by atoms with Gasteiger partial charge in [-0.1, -0.05) is 54.1 Å². The first-order chi connectivity index (χ1) is 13.3. The van der Waals surface area contributed by atoms with Crippen LogP contribution < -0.4 is 0 Å². The van der Waals surface area contributed by atoms with E-state index in [-0.39, 0.29) is 0 Å². The highest BCUT2D eigenvalue weighted by atomic mass is 35.5. The van der Waals surface area contributed by atoms with E-state index in [4.69, 9.17) is 16.6 Å². The number of hydrogen-bond acceptors (Lipinski definition) is 3. The molecule has 0 amide bonds. The number of nitrogens with one attached hydrogen (secondary N) is 1. The number of benzene rings is 2. The highest BCUT2D eigenvalue weighted by Gasteiger charge is 2.23. The molecular weight excluding hydrogens is 356 g/mol. The van der Waals surface area contributed by atoms with Gasteiger partial charge in [0.25, 0.3) is 0 Å². The molecule has 3 aromatic rings. The monoisotopic (exact) mass is 380 g/mol. The second-order valence-electron chi connectivity index (χ2n) is 7.29. The number of aromatic amines is 1. The van der Waals surface area contributed by atoms with E-state index in [0.29, 0.717) is 5.92 Å². The predicted octanol–water partition coefficient (Wildman–Crippen LogP) is 4.47. The van der Waals surface area contributed by atoms with Gasteiger partial charge in [-0.2, -0.15) is 5.10 Å². The van der Waals surface area contributed by atoms with Crippen LogP contribution in [0.2, 0.25) is 5.02 Å². The van der Waals surface area contributed by atoms with Gasteiger partial charge in [0.1, 0.15) is 5.82 Å². The van der Waals surface area contributed by atoms with E-state index in [0.717, 1.165) is 62.0 Å². The molecule has 1 aromatic heterocycles. The lowest BCUT2D eigenvalue weighted by Gasteiger charge is -2.30. The van der Waals surface area contributed by atoms with E-state index in [1.54, 1.807) is 0 Å². The molecule has 0 bridgehead atoms. The molecule has 1 saturated heterocycles. The van der Waals surface area contributed by atoms with E-state index in [9.17, 15) is 0 Å². The molecular formula is C22H25ClN4. The molecule has 1 fully saturated rings. The number of nitrogens with zero attached hydrogens (tertiary/aromatic N) is 3. The van der Waals surface area contributed by atoms with Gasteiger partial charge in [-0.05, 0) is 55.6 Å². The summed E-state index contributed by atoms with van der Waals surface area (Å²) in [5.41, 5.74) is 2.60. The predicted molar refractivity (Wildman–Crippen MR) is 109 cm³/mol. The van der Waals surface area contributed by atoms with Crippen molar-refractivity contribution >= 4 is 11.6 Å². The lowest BCUT2D eigenvalue weighted by Crippen LogP contribution is -2.34. The van der Waals surface area contributed by atoms with Crippen molar-refractivity contribution < 1.29 is 0 Å². The topological polar surface area (TPSA) is 44.8 Å². The van der Waals surface area contributed by atoms with Crippen LogP contribution in [-0.2, 0) is 12.8 Å². The second-order valence-corrected chi connectivity index (χ2v) is 7.73. The van der Waals surface area contributed by atoms with Crippen LogP contribution in [0.4, 0.5) is 0 Å². The van der Waals surface area contributed by atoms with E-state index in [1.807, 2.05) is 24.3 Å². The number of halogens is 1. The van der Waals surface area contributed by atoms with Gasteiger partial charge in [-0.25, -0.2) is 4.98 Å². The van der Waals surface area contributed by atoms with Crippen LogP contribution in [0.25, 0.3) is 0 Å². The zero-order valence-corrected chi connectivity index (χ0v) is 16.2. The molecule has 0 saturated carbocycles. The van der Waals surface area contributed by atoms with Crippen LogP contribution in [0.5, 0.6) is 0 Å². The molecule has 2 aromatic carbocycles. The van der Waals surface area contributed by atoms with E-state index in [2.05, 4.69) is 45.4 Å². The number of H-pyrrole nitrogens is 1. The van der Waals surface area contributed by atoms with E-state index in [1.165, 1.54) is 11.1 Å². The minimum Gasteiger partial charge on any atom is -0.303 e. The smallest absolute Gasteiger partial charge is 0.155 e. The molecule has 0 atom stereocenters. The highest BCUT2D eigenvalue weighted by Crippen LogP contribution is 2.26. The first kappa shape index (κ1) is 18.2. The van der Waals surface area contributed by atoms with Gasteiger partial charge in [0, 0.05) is 23.9 Å². The van der Waals surface area contributed by atoms with Gasteiger partial charge >= 0.3 is 0 Å². The summed E-state index contributed by atoms with van der Waals surface area (Å²) in [6.45, 7) is 3.39. The van der Waals surface area contributed by atoms with Gasteiger partial charge < -0.3 is 4.90 Å². The fraction of sp³-hybridized carbons (Fsp3) is 0.364. The molecule has 1 aliphatic heterocycles. The van der Waals surface area contributed by atoms with Crippen molar-refractivity contribution in [3.05, 3.63) is 82.4 Å². The van der Waals surface area contributed by atoms with Crippen LogP contribution in [0.3, 0.4) is 0 Å². The van der Waals surface area contributed by atoms with Gasteiger partial charge in [0.05, 0.1) is 0 Å². The Hall–Kier alpha value is -2.17. The number of likely N-dealkylation sites (tertiary alicyclic amines) is 1. The maximum atomic E-state index is 5.95. The summed E-state index contributed by atoms with van der Waals surface area (Å²) in [4.78, 5) is 7.32. The minimum atomic E-state index is 0.490. The van der Waals surface area contributed by atoms with Gasteiger partial charge in [0.2, 0.25) is 0 Å². The van der Waals surface area contributed by atoms with E-state index >= 15 is 0 Å². The minimum absolute atomic E-state index is 0.490. The Kier molecular flexibility index (Phi) is 5.85. The average molecular weight is 381 g/mol. The van der Waals surface area contributed by atoms with Crippen molar-refractivity contribution in [2.75, 3.05) is 19.6 Å². The molecule has 0 spiro atoms. The third kappa shape index (κ3) is 4.96. The molecule has 0 unspecified atom stereocenters. The van der Waals surface area contributed by atoms with Gasteiger partial charge in [-0.3, -0.25) is 5.10 Å². The molecule has 0 aliphatic carbocycles. The largest absolute Gasteiger partial charge is 0.303 e. The lowest BCUT2D eigenvalue weighted by molar-refractivity contribution is 0.211. The first-order valence-electron chi connectivity index (χ1n) is 9.68. The Morgan fingerprint density at radius 1 is 0.963 bits per heavy atom. The van der Waals surface area contributed by atoms with Gasteiger partial charge in [-0.15, -0.1) is 0 Å². The van der Waals surface area contributed by atoms with Crippen molar-refractivity contribution in [2.45, 2.75) is 31.6 Å². The molecule has 5 heteroatoms. The molecule has 140 valence electrons. The summed E-state index contributed by atoms with van der Waals surface area (Å²) in [6, 6.07) is 18.6. The summed E-state index contributed by atoms with van der Waals surface area (Å²) in [5, 5.41) is 8.35. The van der Waals surface area contributed by atoms with Crippen LogP contribution in [0.15, 0.2) is 54.6 Å². The van der Waals surface area contributed by atoms with Crippen molar-refractivity contribution in [3.63, 3.8) is 0 Å². The fourth-order valence-corrected chi connectivity index (χ4v) is 3.85. The first-order valence-corrected chi connectivity index (χ1v) is 10.1. The summed E-state index contributed by atoms with van der Waals surface area (Å²) < 4.78 is 0.